The molecule has 0 saturated heterocycles. The number of hydrogen-bond acceptors (Lipinski definition) is 4. The molecule has 7 nitrogen and oxygen atoms in total. The highest BCUT2D eigenvalue weighted by Crippen LogP contribution is 2.20. The van der Waals surface area contributed by atoms with E-state index in [0.29, 0.717) is 11.2 Å². The lowest BCUT2D eigenvalue weighted by atomic mass is 10.2. The number of benzene rings is 1. The van der Waals surface area contributed by atoms with Gasteiger partial charge in [-0.2, -0.15) is 5.10 Å². The normalized spacial score (nSPS) is 11.4. The second-order valence-electron chi connectivity index (χ2n) is 5.60. The Labute approximate surface area is 121 Å². The summed E-state index contributed by atoms with van der Waals surface area (Å²) in [6.45, 7) is 5.09. The van der Waals surface area contributed by atoms with Crippen LogP contribution in [0.4, 0.5) is 10.5 Å². The van der Waals surface area contributed by atoms with Crippen molar-refractivity contribution in [2.45, 2.75) is 32.9 Å². The molecule has 21 heavy (non-hydrogen) atoms. The number of amides is 1. The number of anilines is 1. The van der Waals surface area contributed by atoms with Crippen LogP contribution in [-0.2, 0) is 16.1 Å². The van der Waals surface area contributed by atoms with Crippen molar-refractivity contribution in [2.24, 2.45) is 0 Å². The van der Waals surface area contributed by atoms with E-state index in [1.807, 2.05) is 0 Å². The third-order valence-corrected chi connectivity index (χ3v) is 2.58. The molecule has 7 heteroatoms. The standard InChI is InChI=1S/C14H17N3O4/c1-14(2,3)21-13(20)16-10-5-4-9-7-15-17(8-12(18)19)11(9)6-10/h4-7H,8H2,1-3H3,(H,16,20)(H,18,19). The quantitative estimate of drug-likeness (QED) is 0.906. The number of carbonyl (C=O) groups excluding carboxylic acids is 1. The van der Waals surface area contributed by atoms with E-state index >= 15 is 0 Å². The van der Waals surface area contributed by atoms with E-state index in [0.717, 1.165) is 5.39 Å². The van der Waals surface area contributed by atoms with E-state index in [9.17, 15) is 9.59 Å². The predicted molar refractivity (Wildman–Crippen MR) is 77.2 cm³/mol. The zero-order valence-corrected chi connectivity index (χ0v) is 12.1. The Kier molecular flexibility index (Phi) is 3.84. The molecule has 0 unspecified atom stereocenters. The predicted octanol–water partition coefficient (Wildman–Crippen LogP) is 2.47. The number of nitrogens with zero attached hydrogens (tertiary/aromatic N) is 2. The Morgan fingerprint density at radius 2 is 2.10 bits per heavy atom. The summed E-state index contributed by atoms with van der Waals surface area (Å²) in [4.78, 5) is 22.5. The van der Waals surface area contributed by atoms with Crippen LogP contribution in [0.1, 0.15) is 20.8 Å². The van der Waals surface area contributed by atoms with Crippen molar-refractivity contribution >= 4 is 28.7 Å². The highest BCUT2D eigenvalue weighted by molar-refractivity contribution is 5.90. The van der Waals surface area contributed by atoms with Gasteiger partial charge in [0.15, 0.2) is 0 Å². The average Bonchev–Trinajstić information content (AvgIpc) is 2.68. The number of rotatable bonds is 3. The summed E-state index contributed by atoms with van der Waals surface area (Å²) in [5.74, 6) is -0.981. The fraction of sp³-hybridized carbons (Fsp3) is 0.357. The van der Waals surface area contributed by atoms with E-state index in [-0.39, 0.29) is 6.54 Å². The van der Waals surface area contributed by atoms with Gasteiger partial charge in [0.1, 0.15) is 12.1 Å². The largest absolute Gasteiger partial charge is 0.480 e. The second-order valence-corrected chi connectivity index (χ2v) is 5.60. The number of carbonyl (C=O) groups is 2. The smallest absolute Gasteiger partial charge is 0.412 e. The topological polar surface area (TPSA) is 93.5 Å². The van der Waals surface area contributed by atoms with Crippen molar-refractivity contribution in [1.29, 1.82) is 0 Å². The maximum Gasteiger partial charge on any atom is 0.412 e. The number of fused-ring (bicyclic) bond motifs is 1. The van der Waals surface area contributed by atoms with Gasteiger partial charge >= 0.3 is 12.1 Å². The number of hydrogen-bond donors (Lipinski definition) is 2. The number of carboxylic acid groups (broad SMARTS) is 1. The van der Waals surface area contributed by atoms with E-state index in [4.69, 9.17) is 9.84 Å². The number of carboxylic acids is 1. The van der Waals surface area contributed by atoms with Crippen LogP contribution in [-0.4, -0.2) is 32.6 Å². The molecular weight excluding hydrogens is 274 g/mol. The number of aliphatic carboxylic acids is 1. The van der Waals surface area contributed by atoms with Crippen molar-refractivity contribution in [2.75, 3.05) is 5.32 Å². The lowest BCUT2D eigenvalue weighted by molar-refractivity contribution is -0.137. The van der Waals surface area contributed by atoms with E-state index < -0.39 is 17.7 Å². The van der Waals surface area contributed by atoms with Crippen LogP contribution in [0.2, 0.25) is 0 Å². The molecule has 1 amide bonds. The van der Waals surface area contributed by atoms with Crippen molar-refractivity contribution in [3.8, 4) is 0 Å². The maximum absolute atomic E-state index is 11.7. The van der Waals surface area contributed by atoms with Crippen LogP contribution in [0.25, 0.3) is 10.9 Å². The molecule has 2 N–H and O–H groups in total. The molecule has 2 rings (SSSR count). The summed E-state index contributed by atoms with van der Waals surface area (Å²) in [5, 5.41) is 16.3. The maximum atomic E-state index is 11.7. The molecule has 0 radical (unpaired) electrons. The van der Waals surface area contributed by atoms with Crippen molar-refractivity contribution in [3.63, 3.8) is 0 Å². The molecule has 0 atom stereocenters. The van der Waals surface area contributed by atoms with Gasteiger partial charge in [-0.1, -0.05) is 0 Å². The minimum Gasteiger partial charge on any atom is -0.480 e. The number of ether oxygens (including phenoxy) is 1. The second kappa shape index (κ2) is 5.43. The minimum atomic E-state index is -0.981. The molecule has 0 bridgehead atoms. The molecule has 0 fully saturated rings. The van der Waals surface area contributed by atoms with Gasteiger partial charge in [0.05, 0.1) is 11.7 Å². The molecule has 1 aromatic carbocycles. The fourth-order valence-corrected chi connectivity index (χ4v) is 1.82. The molecule has 0 aliphatic rings. The van der Waals surface area contributed by atoms with Crippen LogP contribution in [0, 0.1) is 0 Å². The molecule has 1 heterocycles. The summed E-state index contributed by atoms with van der Waals surface area (Å²) in [6.07, 6.45) is 1.02. The number of nitrogens with one attached hydrogen (secondary N) is 1. The first-order chi connectivity index (χ1) is 9.74. The Morgan fingerprint density at radius 1 is 1.38 bits per heavy atom. The third-order valence-electron chi connectivity index (χ3n) is 2.58. The first-order valence-corrected chi connectivity index (χ1v) is 6.42. The van der Waals surface area contributed by atoms with Gasteiger partial charge in [-0.05, 0) is 39.0 Å². The summed E-state index contributed by atoms with van der Waals surface area (Å²) >= 11 is 0. The summed E-state index contributed by atoms with van der Waals surface area (Å²) in [6, 6.07) is 5.13. The first-order valence-electron chi connectivity index (χ1n) is 6.42. The summed E-state index contributed by atoms with van der Waals surface area (Å²) < 4.78 is 6.52. The van der Waals surface area contributed by atoms with Crippen LogP contribution >= 0.6 is 0 Å². The molecule has 0 aliphatic carbocycles. The van der Waals surface area contributed by atoms with Gasteiger partial charge in [-0.25, -0.2) is 4.79 Å². The zero-order valence-electron chi connectivity index (χ0n) is 12.1. The van der Waals surface area contributed by atoms with Gasteiger partial charge in [0.25, 0.3) is 0 Å². The van der Waals surface area contributed by atoms with E-state index in [1.54, 1.807) is 45.2 Å². The van der Waals surface area contributed by atoms with Gasteiger partial charge in [0, 0.05) is 11.1 Å². The molecule has 112 valence electrons. The Hall–Kier alpha value is -2.57. The van der Waals surface area contributed by atoms with Gasteiger partial charge in [-0.15, -0.1) is 0 Å². The zero-order chi connectivity index (χ0) is 15.6. The molecule has 0 spiro atoms. The van der Waals surface area contributed by atoms with E-state index in [2.05, 4.69) is 10.4 Å². The Bertz CT molecular complexity index is 685. The average molecular weight is 291 g/mol. The Morgan fingerprint density at radius 3 is 2.71 bits per heavy atom. The van der Waals surface area contributed by atoms with Crippen molar-refractivity contribution < 1.29 is 19.4 Å². The van der Waals surface area contributed by atoms with Gasteiger partial charge in [-0.3, -0.25) is 14.8 Å². The minimum absolute atomic E-state index is 0.237. The third kappa shape index (κ3) is 3.95. The van der Waals surface area contributed by atoms with Crippen molar-refractivity contribution in [3.05, 3.63) is 24.4 Å². The SMILES string of the molecule is CC(C)(C)OC(=O)Nc1ccc2cnn(CC(=O)O)c2c1. The molecule has 0 saturated carbocycles. The van der Waals surface area contributed by atoms with Gasteiger partial charge < -0.3 is 9.84 Å². The number of aromatic nitrogens is 2. The first kappa shape index (κ1) is 14.8. The van der Waals surface area contributed by atoms with Crippen LogP contribution < -0.4 is 5.32 Å². The molecule has 1 aromatic heterocycles. The lowest BCUT2D eigenvalue weighted by Crippen LogP contribution is -2.27. The summed E-state index contributed by atoms with van der Waals surface area (Å²) in [5.41, 5.74) is 0.564. The Balaban J connectivity index is 2.21. The van der Waals surface area contributed by atoms with Crippen LogP contribution in [0.5, 0.6) is 0 Å². The summed E-state index contributed by atoms with van der Waals surface area (Å²) in [7, 11) is 0. The molecule has 2 aromatic rings. The highest BCUT2D eigenvalue weighted by Gasteiger charge is 2.16. The van der Waals surface area contributed by atoms with Crippen molar-refractivity contribution in [1.82, 2.24) is 9.78 Å². The van der Waals surface area contributed by atoms with Crippen LogP contribution in [0.3, 0.4) is 0 Å². The highest BCUT2D eigenvalue weighted by atomic mass is 16.6. The monoisotopic (exact) mass is 291 g/mol. The molecular formula is C14H17N3O4. The van der Waals surface area contributed by atoms with Gasteiger partial charge in [0.2, 0.25) is 0 Å². The lowest BCUT2D eigenvalue weighted by Gasteiger charge is -2.19. The molecule has 0 aliphatic heterocycles. The van der Waals surface area contributed by atoms with E-state index in [1.165, 1.54) is 4.68 Å². The van der Waals surface area contributed by atoms with Crippen LogP contribution in [0.15, 0.2) is 24.4 Å². The fourth-order valence-electron chi connectivity index (χ4n) is 1.82.